The summed E-state index contributed by atoms with van der Waals surface area (Å²) < 4.78 is 0. The van der Waals surface area contributed by atoms with Crippen LogP contribution in [-0.4, -0.2) is 33.7 Å². The number of anilines is 1. The molecule has 1 aliphatic rings. The maximum Gasteiger partial charge on any atom is 0.241 e. The smallest absolute Gasteiger partial charge is 0.241 e. The van der Waals surface area contributed by atoms with Crippen LogP contribution in [0.4, 0.5) is 5.69 Å². The fourth-order valence-electron chi connectivity index (χ4n) is 2.51. The second kappa shape index (κ2) is 6.05. The molecule has 2 heterocycles. The molecule has 6 nitrogen and oxygen atoms in total. The lowest BCUT2D eigenvalue weighted by molar-refractivity contribution is -0.118. The fraction of sp³-hybridized carbons (Fsp3) is 0.400. The maximum absolute atomic E-state index is 12.2. The van der Waals surface area contributed by atoms with Gasteiger partial charge in [-0.15, -0.1) is 0 Å². The number of rotatable bonds is 3. The van der Waals surface area contributed by atoms with Crippen LogP contribution in [0.3, 0.4) is 0 Å². The Labute approximate surface area is 123 Å². The average molecular weight is 285 g/mol. The standard InChI is InChI=1S/C15H19N5O/c1-10-17-14(20-19-10)11-5-4-6-12(9-11)18-15(21)13-7-2-3-8-16-13/h4-6,9,13,16H,2-3,7-8H2,1H3,(H,18,21)(H,17,19,20)/t13-/m1/s1. The van der Waals surface area contributed by atoms with E-state index in [0.29, 0.717) is 5.82 Å². The van der Waals surface area contributed by atoms with Gasteiger partial charge in [-0.1, -0.05) is 18.6 Å². The van der Waals surface area contributed by atoms with Gasteiger partial charge in [0.2, 0.25) is 5.91 Å². The molecule has 1 saturated heterocycles. The monoisotopic (exact) mass is 285 g/mol. The highest BCUT2D eigenvalue weighted by atomic mass is 16.2. The molecule has 0 radical (unpaired) electrons. The van der Waals surface area contributed by atoms with Crippen LogP contribution in [0.2, 0.25) is 0 Å². The van der Waals surface area contributed by atoms with Crippen molar-refractivity contribution in [1.29, 1.82) is 0 Å². The molecule has 2 aromatic rings. The molecule has 1 aromatic carbocycles. The van der Waals surface area contributed by atoms with Crippen molar-refractivity contribution in [2.45, 2.75) is 32.2 Å². The van der Waals surface area contributed by atoms with Gasteiger partial charge in [-0.25, -0.2) is 4.98 Å². The minimum absolute atomic E-state index is 0.0259. The minimum atomic E-state index is -0.0897. The number of piperidine rings is 1. The van der Waals surface area contributed by atoms with Crippen molar-refractivity contribution in [1.82, 2.24) is 20.5 Å². The first-order valence-electron chi connectivity index (χ1n) is 7.26. The topological polar surface area (TPSA) is 82.7 Å². The first-order valence-corrected chi connectivity index (χ1v) is 7.26. The van der Waals surface area contributed by atoms with Gasteiger partial charge < -0.3 is 10.6 Å². The lowest BCUT2D eigenvalue weighted by Gasteiger charge is -2.22. The third-order valence-corrected chi connectivity index (χ3v) is 3.61. The van der Waals surface area contributed by atoms with Gasteiger partial charge in [0.25, 0.3) is 0 Å². The molecule has 1 atom stereocenters. The summed E-state index contributed by atoms with van der Waals surface area (Å²) in [5.41, 5.74) is 1.65. The lowest BCUT2D eigenvalue weighted by atomic mass is 10.0. The summed E-state index contributed by atoms with van der Waals surface area (Å²) >= 11 is 0. The molecule has 1 fully saturated rings. The number of aromatic nitrogens is 3. The average Bonchev–Trinajstić information content (AvgIpc) is 2.95. The van der Waals surface area contributed by atoms with E-state index in [1.807, 2.05) is 31.2 Å². The summed E-state index contributed by atoms with van der Waals surface area (Å²) in [6.45, 7) is 2.77. The van der Waals surface area contributed by atoms with E-state index >= 15 is 0 Å². The number of carbonyl (C=O) groups excluding carboxylic acids is 1. The molecular weight excluding hydrogens is 266 g/mol. The highest BCUT2D eigenvalue weighted by Crippen LogP contribution is 2.20. The molecule has 1 amide bonds. The second-order valence-corrected chi connectivity index (χ2v) is 5.32. The normalized spacial score (nSPS) is 18.4. The zero-order chi connectivity index (χ0) is 14.7. The van der Waals surface area contributed by atoms with E-state index in [9.17, 15) is 4.79 Å². The number of carbonyl (C=O) groups is 1. The minimum Gasteiger partial charge on any atom is -0.325 e. The van der Waals surface area contributed by atoms with Crippen LogP contribution in [-0.2, 0) is 4.79 Å². The van der Waals surface area contributed by atoms with E-state index in [4.69, 9.17) is 0 Å². The predicted molar refractivity (Wildman–Crippen MR) is 80.8 cm³/mol. The van der Waals surface area contributed by atoms with E-state index in [0.717, 1.165) is 42.9 Å². The number of nitrogens with one attached hydrogen (secondary N) is 3. The summed E-state index contributed by atoms with van der Waals surface area (Å²) in [4.78, 5) is 16.5. The Bertz CT molecular complexity index is 630. The van der Waals surface area contributed by atoms with Gasteiger partial charge in [-0.05, 0) is 38.4 Å². The fourth-order valence-corrected chi connectivity index (χ4v) is 2.51. The van der Waals surface area contributed by atoms with Crippen LogP contribution < -0.4 is 10.6 Å². The van der Waals surface area contributed by atoms with Crippen molar-refractivity contribution >= 4 is 11.6 Å². The van der Waals surface area contributed by atoms with Gasteiger partial charge in [0.15, 0.2) is 5.82 Å². The Morgan fingerprint density at radius 2 is 2.29 bits per heavy atom. The Morgan fingerprint density at radius 1 is 1.38 bits per heavy atom. The molecular formula is C15H19N5O. The van der Waals surface area contributed by atoms with Crippen LogP contribution in [0.5, 0.6) is 0 Å². The third-order valence-electron chi connectivity index (χ3n) is 3.61. The van der Waals surface area contributed by atoms with Crippen LogP contribution in [0, 0.1) is 6.92 Å². The maximum atomic E-state index is 12.2. The Balaban J connectivity index is 1.72. The first-order chi connectivity index (χ1) is 10.2. The number of amides is 1. The van der Waals surface area contributed by atoms with Gasteiger partial charge in [0.05, 0.1) is 6.04 Å². The molecule has 1 aromatic heterocycles. The summed E-state index contributed by atoms with van der Waals surface area (Å²) in [7, 11) is 0. The third kappa shape index (κ3) is 3.28. The Hall–Kier alpha value is -2.21. The van der Waals surface area contributed by atoms with Crippen molar-refractivity contribution in [2.75, 3.05) is 11.9 Å². The highest BCUT2D eigenvalue weighted by molar-refractivity contribution is 5.95. The molecule has 3 rings (SSSR count). The molecule has 1 aliphatic heterocycles. The van der Waals surface area contributed by atoms with Crippen LogP contribution >= 0.6 is 0 Å². The van der Waals surface area contributed by atoms with E-state index in [2.05, 4.69) is 25.8 Å². The highest BCUT2D eigenvalue weighted by Gasteiger charge is 2.20. The zero-order valence-electron chi connectivity index (χ0n) is 12.0. The molecule has 0 spiro atoms. The molecule has 0 unspecified atom stereocenters. The summed E-state index contributed by atoms with van der Waals surface area (Å²) in [5.74, 6) is 1.43. The van der Waals surface area contributed by atoms with Crippen molar-refractivity contribution < 1.29 is 4.79 Å². The van der Waals surface area contributed by atoms with Gasteiger partial charge in [-0.3, -0.25) is 9.89 Å². The Morgan fingerprint density at radius 3 is 3.00 bits per heavy atom. The lowest BCUT2D eigenvalue weighted by Crippen LogP contribution is -2.43. The van der Waals surface area contributed by atoms with Crippen molar-refractivity contribution in [2.24, 2.45) is 0 Å². The molecule has 0 bridgehead atoms. The van der Waals surface area contributed by atoms with Crippen LogP contribution in [0.1, 0.15) is 25.1 Å². The van der Waals surface area contributed by atoms with Crippen molar-refractivity contribution in [3.8, 4) is 11.4 Å². The molecule has 3 N–H and O–H groups in total. The van der Waals surface area contributed by atoms with Gasteiger partial charge in [-0.2, -0.15) is 5.10 Å². The molecule has 21 heavy (non-hydrogen) atoms. The number of H-pyrrole nitrogens is 1. The SMILES string of the molecule is Cc1nc(-c2cccc(NC(=O)[C@H]3CCCCN3)c2)n[nH]1. The summed E-state index contributed by atoms with van der Waals surface area (Å²) in [5, 5.41) is 13.2. The van der Waals surface area contributed by atoms with Crippen LogP contribution in [0.25, 0.3) is 11.4 Å². The van der Waals surface area contributed by atoms with E-state index in [1.165, 1.54) is 0 Å². The van der Waals surface area contributed by atoms with Gasteiger partial charge in [0.1, 0.15) is 5.82 Å². The number of hydrogen-bond acceptors (Lipinski definition) is 4. The zero-order valence-corrected chi connectivity index (χ0v) is 12.0. The molecule has 6 heteroatoms. The Kier molecular flexibility index (Phi) is 3.96. The van der Waals surface area contributed by atoms with Gasteiger partial charge >= 0.3 is 0 Å². The number of nitrogens with zero attached hydrogens (tertiary/aromatic N) is 2. The molecule has 110 valence electrons. The van der Waals surface area contributed by atoms with Gasteiger partial charge in [0, 0.05) is 11.3 Å². The summed E-state index contributed by atoms with van der Waals surface area (Å²) in [6.07, 6.45) is 3.14. The first kappa shape index (κ1) is 13.8. The number of aromatic amines is 1. The number of benzene rings is 1. The number of aryl methyl sites for hydroxylation is 1. The van der Waals surface area contributed by atoms with E-state index in [-0.39, 0.29) is 11.9 Å². The number of hydrogen-bond donors (Lipinski definition) is 3. The van der Waals surface area contributed by atoms with E-state index in [1.54, 1.807) is 0 Å². The largest absolute Gasteiger partial charge is 0.325 e. The molecule has 0 saturated carbocycles. The summed E-state index contributed by atoms with van der Waals surface area (Å²) in [6, 6.07) is 7.50. The second-order valence-electron chi connectivity index (χ2n) is 5.32. The van der Waals surface area contributed by atoms with Crippen molar-refractivity contribution in [3.63, 3.8) is 0 Å². The quantitative estimate of drug-likeness (QED) is 0.804. The van der Waals surface area contributed by atoms with Crippen molar-refractivity contribution in [3.05, 3.63) is 30.1 Å². The van der Waals surface area contributed by atoms with Crippen LogP contribution in [0.15, 0.2) is 24.3 Å². The van der Waals surface area contributed by atoms with E-state index < -0.39 is 0 Å². The predicted octanol–water partition coefficient (Wildman–Crippen LogP) is 1.86. The molecule has 0 aliphatic carbocycles.